The van der Waals surface area contributed by atoms with E-state index in [1.54, 1.807) is 0 Å². The van der Waals surface area contributed by atoms with Gasteiger partial charge in [0.05, 0.1) is 26.4 Å². The highest BCUT2D eigenvalue weighted by molar-refractivity contribution is 7.47. The maximum absolute atomic E-state index is 13.1. The van der Waals surface area contributed by atoms with Crippen molar-refractivity contribution >= 4 is 39.5 Å². The Kier molecular flexibility index (Phi) is 69.6. The molecule has 0 radical (unpaired) electrons. The summed E-state index contributed by atoms with van der Waals surface area (Å²) in [6, 6.07) is 0. The Balaban J connectivity index is 5.18. The summed E-state index contributed by atoms with van der Waals surface area (Å²) in [5, 5.41) is 10.6. The summed E-state index contributed by atoms with van der Waals surface area (Å²) in [5.74, 6) is -1.33. The van der Waals surface area contributed by atoms with Crippen LogP contribution >= 0.6 is 15.6 Å². The number of unbranched alkanes of at least 4 members (excludes halogenated alkanes) is 50. The second-order valence-corrected chi connectivity index (χ2v) is 31.5. The molecule has 0 spiro atoms. The van der Waals surface area contributed by atoms with Gasteiger partial charge in [0, 0.05) is 25.7 Å². The van der Waals surface area contributed by atoms with Crippen molar-refractivity contribution in [2.45, 2.75) is 432 Å². The molecule has 0 aromatic heterocycles. The van der Waals surface area contributed by atoms with Crippen molar-refractivity contribution in [3.05, 3.63) is 0 Å². The van der Waals surface area contributed by atoms with Gasteiger partial charge >= 0.3 is 39.5 Å². The van der Waals surface area contributed by atoms with E-state index in [0.717, 1.165) is 109 Å². The molecule has 0 aromatic rings. The molecule has 0 aliphatic carbocycles. The molecule has 0 heterocycles. The minimum absolute atomic E-state index is 0.107. The van der Waals surface area contributed by atoms with Crippen LogP contribution in [0.1, 0.15) is 413 Å². The lowest BCUT2D eigenvalue weighted by atomic mass is 10.0. The second kappa shape index (κ2) is 71.1. The summed E-state index contributed by atoms with van der Waals surface area (Å²) < 4.78 is 68.5. The fraction of sp³-hybridized carbons (Fsp3) is 0.949. The van der Waals surface area contributed by atoms with Crippen molar-refractivity contribution in [1.82, 2.24) is 0 Å². The van der Waals surface area contributed by atoms with Crippen LogP contribution in [0.3, 0.4) is 0 Å². The van der Waals surface area contributed by atoms with Crippen LogP contribution in [0.5, 0.6) is 0 Å². The highest BCUT2D eigenvalue weighted by Crippen LogP contribution is 2.45. The van der Waals surface area contributed by atoms with Crippen LogP contribution in [0.2, 0.25) is 0 Å². The van der Waals surface area contributed by atoms with Crippen molar-refractivity contribution in [3.63, 3.8) is 0 Å². The lowest BCUT2D eigenvalue weighted by Gasteiger charge is -2.21. The van der Waals surface area contributed by atoms with Gasteiger partial charge in [-0.05, 0) is 31.6 Å². The number of ether oxygens (including phenoxy) is 4. The van der Waals surface area contributed by atoms with E-state index in [9.17, 15) is 43.2 Å². The molecule has 0 aliphatic rings. The molecule has 17 nitrogen and oxygen atoms in total. The summed E-state index contributed by atoms with van der Waals surface area (Å²) in [6.07, 6.45) is 61.1. The zero-order chi connectivity index (χ0) is 71.2. The molecule has 0 amide bonds. The summed E-state index contributed by atoms with van der Waals surface area (Å²) >= 11 is 0. The first-order valence-corrected chi connectivity index (χ1v) is 43.6. The predicted octanol–water partition coefficient (Wildman–Crippen LogP) is 23.3. The highest BCUT2D eigenvalue weighted by atomic mass is 31.2. The van der Waals surface area contributed by atoms with E-state index < -0.39 is 97.5 Å². The van der Waals surface area contributed by atoms with E-state index in [1.807, 2.05) is 0 Å². The molecule has 0 aliphatic heterocycles. The molecule has 0 aromatic carbocycles. The van der Waals surface area contributed by atoms with Crippen molar-refractivity contribution in [1.29, 1.82) is 0 Å². The summed E-state index contributed by atoms with van der Waals surface area (Å²) in [6.45, 7) is 7.29. The maximum atomic E-state index is 13.1. The number of aliphatic hydroxyl groups excluding tert-OH is 1. The van der Waals surface area contributed by atoms with Crippen LogP contribution in [0.25, 0.3) is 0 Å². The van der Waals surface area contributed by atoms with Gasteiger partial charge in [0.15, 0.2) is 12.2 Å². The molecular weight excluding hydrogens is 1270 g/mol. The van der Waals surface area contributed by atoms with Crippen LogP contribution in [-0.2, 0) is 65.4 Å². The predicted molar refractivity (Wildman–Crippen MR) is 395 cm³/mol. The Morgan fingerprint density at radius 1 is 0.278 bits per heavy atom. The number of esters is 4. The fourth-order valence-electron chi connectivity index (χ4n) is 12.1. The molecule has 0 rings (SSSR count). The zero-order valence-electron chi connectivity index (χ0n) is 63.2. The Morgan fingerprint density at radius 3 is 0.701 bits per heavy atom. The van der Waals surface area contributed by atoms with Crippen molar-refractivity contribution in [3.8, 4) is 0 Å². The molecule has 0 bridgehead atoms. The molecule has 5 atom stereocenters. The smallest absolute Gasteiger partial charge is 0.462 e. The molecule has 0 fully saturated rings. The third-order valence-electron chi connectivity index (χ3n) is 18.3. The lowest BCUT2D eigenvalue weighted by molar-refractivity contribution is -0.161. The number of carbonyl (C=O) groups is 4. The van der Waals surface area contributed by atoms with E-state index >= 15 is 0 Å². The summed E-state index contributed by atoms with van der Waals surface area (Å²) in [4.78, 5) is 72.8. The Bertz CT molecular complexity index is 1860. The first-order chi connectivity index (χ1) is 47.0. The van der Waals surface area contributed by atoms with Gasteiger partial charge in [-0.1, -0.05) is 362 Å². The van der Waals surface area contributed by atoms with Gasteiger partial charge in [0.2, 0.25) is 0 Å². The first-order valence-electron chi connectivity index (χ1n) is 40.6. The standard InChI is InChI=1S/C78H152O17P2/c1-6-9-12-15-18-20-22-24-26-28-30-34-38-42-47-52-57-62-76(81)89-68-74(95-78(83)63-58-53-48-43-39-35-31-29-27-25-23-21-19-16-13-10-7-2)70-93-97(86,87)91-66-72(79)65-90-96(84,85)92-69-73(67-88-75(80)61-56-51-45-17-14-11-8-3)94-77(82)64-59-54-49-44-40-36-32-33-37-41-46-50-55-60-71(4)5/h71-74,79H,6-70H2,1-5H3,(H,84,85)(H,86,87)/t72-,73+,74+/m0/s1. The maximum Gasteiger partial charge on any atom is 0.472 e. The molecule has 3 N–H and O–H groups in total. The molecule has 97 heavy (non-hydrogen) atoms. The zero-order valence-corrected chi connectivity index (χ0v) is 65.0. The lowest BCUT2D eigenvalue weighted by Crippen LogP contribution is -2.30. The largest absolute Gasteiger partial charge is 0.472 e. The average molecular weight is 1420 g/mol. The molecule has 576 valence electrons. The quantitative estimate of drug-likeness (QED) is 0.0222. The van der Waals surface area contributed by atoms with Crippen LogP contribution in [0.4, 0.5) is 0 Å². The first kappa shape index (κ1) is 95.1. The average Bonchev–Trinajstić information content (AvgIpc) is 1.32. The Hall–Kier alpha value is -1.94. The molecule has 0 saturated heterocycles. The molecule has 0 saturated carbocycles. The van der Waals surface area contributed by atoms with Gasteiger partial charge in [0.1, 0.15) is 19.3 Å². The minimum Gasteiger partial charge on any atom is -0.462 e. The third-order valence-corrected chi connectivity index (χ3v) is 20.2. The fourth-order valence-corrected chi connectivity index (χ4v) is 13.6. The van der Waals surface area contributed by atoms with Crippen LogP contribution in [0, 0.1) is 5.92 Å². The van der Waals surface area contributed by atoms with Crippen LogP contribution < -0.4 is 0 Å². The van der Waals surface area contributed by atoms with Crippen molar-refractivity contribution < 1.29 is 80.2 Å². The highest BCUT2D eigenvalue weighted by Gasteiger charge is 2.30. The monoisotopic (exact) mass is 1420 g/mol. The molecular formula is C78H152O17P2. The topological polar surface area (TPSA) is 237 Å². The number of phosphoric ester groups is 2. The van der Waals surface area contributed by atoms with Crippen LogP contribution in [0.15, 0.2) is 0 Å². The number of hydrogen-bond acceptors (Lipinski definition) is 15. The SMILES string of the molecule is CCCCCCCCCCCCCCCCCCCC(=O)OC[C@H](COP(=O)(O)OC[C@@H](O)COP(=O)(O)OC[C@@H](COC(=O)CCCCCCCCC)OC(=O)CCCCCCCCCCCCCCCC(C)C)OC(=O)CCCCCCCCCCCCCCCCCCC. The Labute approximate surface area is 594 Å². The van der Waals surface area contributed by atoms with E-state index in [0.29, 0.717) is 25.7 Å². The summed E-state index contributed by atoms with van der Waals surface area (Å²) in [7, 11) is -9.91. The Morgan fingerprint density at radius 2 is 0.474 bits per heavy atom. The van der Waals surface area contributed by atoms with Crippen molar-refractivity contribution in [2.24, 2.45) is 5.92 Å². The van der Waals surface area contributed by atoms with E-state index in [2.05, 4.69) is 34.6 Å². The van der Waals surface area contributed by atoms with Gasteiger partial charge in [-0.2, -0.15) is 0 Å². The van der Waals surface area contributed by atoms with Gasteiger partial charge in [-0.3, -0.25) is 37.3 Å². The van der Waals surface area contributed by atoms with E-state index in [1.165, 1.54) is 225 Å². The number of carbonyl (C=O) groups excluding carboxylic acids is 4. The van der Waals surface area contributed by atoms with Gasteiger partial charge in [-0.15, -0.1) is 0 Å². The minimum atomic E-state index is -4.96. The second-order valence-electron chi connectivity index (χ2n) is 28.6. The van der Waals surface area contributed by atoms with Crippen LogP contribution in [-0.4, -0.2) is 96.7 Å². The number of hydrogen-bond donors (Lipinski definition) is 3. The normalized spacial score (nSPS) is 13.9. The van der Waals surface area contributed by atoms with E-state index in [-0.39, 0.29) is 25.7 Å². The van der Waals surface area contributed by atoms with E-state index in [4.69, 9.17) is 37.0 Å². The number of aliphatic hydroxyl groups is 1. The van der Waals surface area contributed by atoms with Gasteiger partial charge in [-0.25, -0.2) is 9.13 Å². The molecule has 19 heteroatoms. The number of rotatable bonds is 78. The van der Waals surface area contributed by atoms with Crippen molar-refractivity contribution in [2.75, 3.05) is 39.6 Å². The number of phosphoric acid groups is 2. The summed E-state index contributed by atoms with van der Waals surface area (Å²) in [5.41, 5.74) is 0. The van der Waals surface area contributed by atoms with Gasteiger partial charge in [0.25, 0.3) is 0 Å². The van der Waals surface area contributed by atoms with Gasteiger partial charge < -0.3 is 33.8 Å². The molecule has 2 unspecified atom stereocenters. The third kappa shape index (κ3) is 72.2.